The van der Waals surface area contributed by atoms with E-state index in [1.54, 1.807) is 18.5 Å². The zero-order valence-electron chi connectivity index (χ0n) is 9.89. The smallest absolute Gasteiger partial charge is 0.101 e. The molecule has 2 aliphatic carbocycles. The van der Waals surface area contributed by atoms with Crippen molar-refractivity contribution in [3.8, 4) is 6.07 Å². The summed E-state index contributed by atoms with van der Waals surface area (Å²) in [5.74, 6) is 2.70. The van der Waals surface area contributed by atoms with Gasteiger partial charge in [0.2, 0.25) is 0 Å². The molecule has 0 aromatic carbocycles. The number of anilines is 1. The average molecular weight is 227 g/mol. The first kappa shape index (κ1) is 10.6. The number of nitrogens with one attached hydrogen (secondary N) is 1. The van der Waals surface area contributed by atoms with Gasteiger partial charge in [-0.3, -0.25) is 4.98 Å². The maximum absolute atomic E-state index is 9.01. The predicted octanol–water partition coefficient (Wildman–Crippen LogP) is 2.80. The highest BCUT2D eigenvalue weighted by atomic mass is 14.9. The number of nitrogens with zero attached hydrogens (tertiary/aromatic N) is 2. The van der Waals surface area contributed by atoms with Crippen LogP contribution in [0.1, 0.15) is 31.2 Å². The van der Waals surface area contributed by atoms with Crippen molar-refractivity contribution in [3.63, 3.8) is 0 Å². The minimum Gasteiger partial charge on any atom is -0.382 e. The maximum atomic E-state index is 9.01. The normalized spacial score (nSPS) is 19.1. The van der Waals surface area contributed by atoms with Gasteiger partial charge in [-0.15, -0.1) is 0 Å². The number of hydrogen-bond acceptors (Lipinski definition) is 3. The van der Waals surface area contributed by atoms with Gasteiger partial charge in [0.1, 0.15) is 6.07 Å². The molecular formula is C14H17N3. The second-order valence-electron chi connectivity index (χ2n) is 5.25. The van der Waals surface area contributed by atoms with Crippen molar-refractivity contribution < 1.29 is 0 Å². The molecule has 2 aliphatic rings. The molecule has 17 heavy (non-hydrogen) atoms. The van der Waals surface area contributed by atoms with Crippen LogP contribution in [0.3, 0.4) is 0 Å². The average Bonchev–Trinajstić information content (AvgIpc) is 3.23. The van der Waals surface area contributed by atoms with Gasteiger partial charge in [-0.25, -0.2) is 0 Å². The summed E-state index contributed by atoms with van der Waals surface area (Å²) in [5, 5.41) is 12.4. The number of pyridine rings is 1. The van der Waals surface area contributed by atoms with Crippen LogP contribution in [0.15, 0.2) is 18.5 Å². The van der Waals surface area contributed by atoms with Crippen molar-refractivity contribution in [1.29, 1.82) is 5.26 Å². The van der Waals surface area contributed by atoms with Gasteiger partial charge < -0.3 is 5.32 Å². The van der Waals surface area contributed by atoms with Crippen LogP contribution < -0.4 is 5.32 Å². The molecule has 0 radical (unpaired) electrons. The van der Waals surface area contributed by atoms with E-state index in [0.29, 0.717) is 5.56 Å². The van der Waals surface area contributed by atoms with Crippen molar-refractivity contribution in [2.24, 2.45) is 17.8 Å². The lowest BCUT2D eigenvalue weighted by Crippen LogP contribution is -2.18. The third-order valence-corrected chi connectivity index (χ3v) is 3.92. The molecular weight excluding hydrogens is 210 g/mol. The molecule has 3 nitrogen and oxygen atoms in total. The minimum atomic E-state index is 0.699. The molecule has 2 fully saturated rings. The summed E-state index contributed by atoms with van der Waals surface area (Å²) in [6.45, 7) is 1.01. The van der Waals surface area contributed by atoms with Crippen LogP contribution >= 0.6 is 0 Å². The number of aromatic nitrogens is 1. The Hall–Kier alpha value is -1.56. The highest BCUT2D eigenvalue weighted by molar-refractivity contribution is 5.55. The topological polar surface area (TPSA) is 48.7 Å². The first-order valence-corrected chi connectivity index (χ1v) is 6.46. The van der Waals surface area contributed by atoms with Crippen molar-refractivity contribution in [2.45, 2.75) is 25.7 Å². The summed E-state index contributed by atoms with van der Waals surface area (Å²) in [6, 6.07) is 3.98. The van der Waals surface area contributed by atoms with Gasteiger partial charge in [0.05, 0.1) is 17.4 Å². The van der Waals surface area contributed by atoms with Crippen LogP contribution in [0, 0.1) is 29.1 Å². The summed E-state index contributed by atoms with van der Waals surface area (Å²) in [5.41, 5.74) is 1.59. The van der Waals surface area contributed by atoms with Crippen LogP contribution in [0.2, 0.25) is 0 Å². The van der Waals surface area contributed by atoms with E-state index < -0.39 is 0 Å². The van der Waals surface area contributed by atoms with Gasteiger partial charge >= 0.3 is 0 Å². The van der Waals surface area contributed by atoms with Gasteiger partial charge in [0, 0.05) is 12.7 Å². The molecule has 1 aromatic rings. The number of hydrogen-bond donors (Lipinski definition) is 1. The first-order valence-electron chi connectivity index (χ1n) is 6.46. The third-order valence-electron chi connectivity index (χ3n) is 3.92. The van der Waals surface area contributed by atoms with Crippen LogP contribution in [0.5, 0.6) is 0 Å². The fourth-order valence-corrected chi connectivity index (χ4v) is 2.63. The van der Waals surface area contributed by atoms with Crippen LogP contribution in [0.25, 0.3) is 0 Å². The van der Waals surface area contributed by atoms with Gasteiger partial charge in [-0.1, -0.05) is 0 Å². The second kappa shape index (κ2) is 4.37. The monoisotopic (exact) mass is 227 g/mol. The Balaban J connectivity index is 1.64. The highest BCUT2D eigenvalue weighted by Crippen LogP contribution is 2.49. The predicted molar refractivity (Wildman–Crippen MR) is 66.4 cm³/mol. The van der Waals surface area contributed by atoms with E-state index in [2.05, 4.69) is 16.4 Å². The molecule has 1 heterocycles. The minimum absolute atomic E-state index is 0.699. The largest absolute Gasteiger partial charge is 0.382 e. The van der Waals surface area contributed by atoms with Gasteiger partial charge in [0.25, 0.3) is 0 Å². The van der Waals surface area contributed by atoms with E-state index in [9.17, 15) is 0 Å². The van der Waals surface area contributed by atoms with Crippen molar-refractivity contribution in [3.05, 3.63) is 24.0 Å². The Kier molecular flexibility index (Phi) is 2.72. The van der Waals surface area contributed by atoms with Crippen molar-refractivity contribution in [1.82, 2.24) is 4.98 Å². The standard InChI is InChI=1S/C14H17N3/c15-7-12-5-6-16-9-14(12)17-8-13(10-1-2-10)11-3-4-11/h5-6,9-11,13,17H,1-4,8H2. The maximum Gasteiger partial charge on any atom is 0.101 e. The van der Waals surface area contributed by atoms with Gasteiger partial charge in [-0.2, -0.15) is 5.26 Å². The molecule has 88 valence electrons. The summed E-state index contributed by atoms with van der Waals surface area (Å²) < 4.78 is 0. The lowest BCUT2D eigenvalue weighted by Gasteiger charge is -2.17. The van der Waals surface area contributed by atoms with E-state index in [1.807, 2.05) is 0 Å². The van der Waals surface area contributed by atoms with E-state index in [4.69, 9.17) is 5.26 Å². The summed E-state index contributed by atoms with van der Waals surface area (Å²) in [4.78, 5) is 4.08. The second-order valence-corrected chi connectivity index (χ2v) is 5.25. The Labute approximate surface area is 102 Å². The fourth-order valence-electron chi connectivity index (χ4n) is 2.63. The van der Waals surface area contributed by atoms with Crippen LogP contribution in [-0.4, -0.2) is 11.5 Å². The molecule has 2 saturated carbocycles. The molecule has 0 aliphatic heterocycles. The number of nitriles is 1. The van der Waals surface area contributed by atoms with Crippen LogP contribution in [0.4, 0.5) is 5.69 Å². The van der Waals surface area contributed by atoms with E-state index in [0.717, 1.165) is 30.0 Å². The SMILES string of the molecule is N#Cc1ccncc1NCC(C1CC1)C1CC1. The zero-order chi connectivity index (χ0) is 11.7. The quantitative estimate of drug-likeness (QED) is 0.841. The first-order chi connectivity index (χ1) is 8.38. The van der Waals surface area contributed by atoms with Gasteiger partial charge in [0.15, 0.2) is 0 Å². The molecule has 0 saturated heterocycles. The van der Waals surface area contributed by atoms with Crippen LogP contribution in [-0.2, 0) is 0 Å². The fraction of sp³-hybridized carbons (Fsp3) is 0.571. The summed E-state index contributed by atoms with van der Waals surface area (Å²) in [7, 11) is 0. The molecule has 1 aromatic heterocycles. The Bertz CT molecular complexity index is 429. The van der Waals surface area contributed by atoms with E-state index >= 15 is 0 Å². The Morgan fingerprint density at radius 3 is 2.65 bits per heavy atom. The highest BCUT2D eigenvalue weighted by Gasteiger charge is 2.41. The zero-order valence-corrected chi connectivity index (χ0v) is 9.89. The Morgan fingerprint density at radius 1 is 1.35 bits per heavy atom. The van der Waals surface area contributed by atoms with Crippen molar-refractivity contribution >= 4 is 5.69 Å². The summed E-state index contributed by atoms with van der Waals surface area (Å²) >= 11 is 0. The molecule has 3 heteroatoms. The van der Waals surface area contributed by atoms with Crippen molar-refractivity contribution in [2.75, 3.05) is 11.9 Å². The lowest BCUT2D eigenvalue weighted by atomic mass is 9.98. The van der Waals surface area contributed by atoms with E-state index in [1.165, 1.54) is 25.7 Å². The molecule has 0 spiro atoms. The lowest BCUT2D eigenvalue weighted by molar-refractivity contribution is 0.428. The molecule has 0 bridgehead atoms. The van der Waals surface area contributed by atoms with Gasteiger partial charge in [-0.05, 0) is 49.5 Å². The molecule has 1 N–H and O–H groups in total. The Morgan fingerprint density at radius 2 is 2.06 bits per heavy atom. The summed E-state index contributed by atoms with van der Waals surface area (Å²) in [6.07, 6.45) is 9.04. The number of rotatable bonds is 5. The molecule has 0 amide bonds. The van der Waals surface area contributed by atoms with E-state index in [-0.39, 0.29) is 0 Å². The molecule has 3 rings (SSSR count). The molecule has 0 unspecified atom stereocenters. The third kappa shape index (κ3) is 2.41. The molecule has 0 atom stereocenters.